The molecule has 1 N–H and O–H groups in total. The average Bonchev–Trinajstić information content (AvgIpc) is 2.44. The molecule has 0 radical (unpaired) electrons. The topological polar surface area (TPSA) is 55.4 Å². The van der Waals surface area contributed by atoms with Crippen molar-refractivity contribution in [2.45, 2.75) is 32.7 Å². The van der Waals surface area contributed by atoms with E-state index in [9.17, 15) is 9.59 Å². The SMILES string of the molecule is CCCNC(CC(=O)OC)C(=O)c1cc(Cl)ccc1C. The fourth-order valence-corrected chi connectivity index (χ4v) is 2.05. The zero-order valence-electron chi connectivity index (χ0n) is 12.0. The number of halogens is 1. The van der Waals surface area contributed by atoms with Crippen LogP contribution < -0.4 is 5.32 Å². The van der Waals surface area contributed by atoms with Crippen LogP contribution in [0, 0.1) is 6.92 Å². The highest BCUT2D eigenvalue weighted by Crippen LogP contribution is 2.18. The first-order chi connectivity index (χ1) is 9.49. The molecule has 0 aliphatic heterocycles. The fourth-order valence-electron chi connectivity index (χ4n) is 1.87. The van der Waals surface area contributed by atoms with Crippen LogP contribution in [0.15, 0.2) is 18.2 Å². The summed E-state index contributed by atoms with van der Waals surface area (Å²) >= 11 is 5.94. The maximum Gasteiger partial charge on any atom is 0.307 e. The van der Waals surface area contributed by atoms with Crippen LogP contribution in [-0.4, -0.2) is 31.4 Å². The van der Waals surface area contributed by atoms with E-state index >= 15 is 0 Å². The van der Waals surface area contributed by atoms with Crippen molar-refractivity contribution in [3.63, 3.8) is 0 Å². The highest BCUT2D eigenvalue weighted by Gasteiger charge is 2.24. The van der Waals surface area contributed by atoms with Gasteiger partial charge >= 0.3 is 5.97 Å². The second kappa shape index (κ2) is 8.02. The Bertz CT molecular complexity index is 488. The molecule has 0 heterocycles. The molecule has 1 unspecified atom stereocenters. The van der Waals surface area contributed by atoms with E-state index < -0.39 is 12.0 Å². The van der Waals surface area contributed by atoms with Gasteiger partial charge in [-0.3, -0.25) is 9.59 Å². The van der Waals surface area contributed by atoms with Crippen molar-refractivity contribution in [1.82, 2.24) is 5.32 Å². The van der Waals surface area contributed by atoms with Gasteiger partial charge in [0, 0.05) is 10.6 Å². The Morgan fingerprint density at radius 2 is 2.10 bits per heavy atom. The normalized spacial score (nSPS) is 12.0. The summed E-state index contributed by atoms with van der Waals surface area (Å²) in [6, 6.07) is 4.59. The molecule has 110 valence electrons. The number of carbonyl (C=O) groups excluding carboxylic acids is 2. The van der Waals surface area contributed by atoms with Crippen molar-refractivity contribution in [2.75, 3.05) is 13.7 Å². The number of hydrogen-bond acceptors (Lipinski definition) is 4. The second-order valence-electron chi connectivity index (χ2n) is 4.61. The van der Waals surface area contributed by atoms with Crippen molar-refractivity contribution < 1.29 is 14.3 Å². The van der Waals surface area contributed by atoms with E-state index in [4.69, 9.17) is 11.6 Å². The van der Waals surface area contributed by atoms with Crippen LogP contribution in [0.3, 0.4) is 0 Å². The molecule has 0 aromatic heterocycles. The predicted molar refractivity (Wildman–Crippen MR) is 79.2 cm³/mol. The molecule has 20 heavy (non-hydrogen) atoms. The number of nitrogens with one attached hydrogen (secondary N) is 1. The van der Waals surface area contributed by atoms with E-state index in [1.165, 1.54) is 7.11 Å². The number of Topliss-reactive ketones (excluding diaryl/α,β-unsaturated/α-hetero) is 1. The summed E-state index contributed by atoms with van der Waals surface area (Å²) in [5, 5.41) is 3.59. The van der Waals surface area contributed by atoms with Gasteiger partial charge in [0.2, 0.25) is 0 Å². The minimum absolute atomic E-state index is 0.0152. The molecule has 0 fully saturated rings. The van der Waals surface area contributed by atoms with E-state index in [2.05, 4.69) is 10.1 Å². The van der Waals surface area contributed by atoms with Gasteiger partial charge in [-0.1, -0.05) is 24.6 Å². The van der Waals surface area contributed by atoms with E-state index in [1.54, 1.807) is 18.2 Å². The van der Waals surface area contributed by atoms with Crippen LogP contribution in [0.4, 0.5) is 0 Å². The number of hydrogen-bond donors (Lipinski definition) is 1. The number of ether oxygens (including phenoxy) is 1. The lowest BCUT2D eigenvalue weighted by atomic mass is 9.97. The molecule has 0 amide bonds. The number of benzene rings is 1. The quantitative estimate of drug-likeness (QED) is 0.621. The lowest BCUT2D eigenvalue weighted by Crippen LogP contribution is -2.39. The molecule has 1 aromatic carbocycles. The summed E-state index contributed by atoms with van der Waals surface area (Å²) in [5.41, 5.74) is 1.38. The van der Waals surface area contributed by atoms with Gasteiger partial charge in [0.1, 0.15) is 0 Å². The Kier molecular flexibility index (Phi) is 6.68. The van der Waals surface area contributed by atoms with Crippen LogP contribution >= 0.6 is 11.6 Å². The average molecular weight is 298 g/mol. The van der Waals surface area contributed by atoms with Gasteiger partial charge in [-0.25, -0.2) is 0 Å². The summed E-state index contributed by atoms with van der Waals surface area (Å²) in [4.78, 5) is 24.0. The Hall–Kier alpha value is -1.39. The Morgan fingerprint density at radius 1 is 1.40 bits per heavy atom. The zero-order valence-corrected chi connectivity index (χ0v) is 12.8. The van der Waals surface area contributed by atoms with E-state index in [-0.39, 0.29) is 12.2 Å². The molecule has 0 aliphatic carbocycles. The van der Waals surface area contributed by atoms with Crippen molar-refractivity contribution in [2.24, 2.45) is 0 Å². The third-order valence-corrected chi connectivity index (χ3v) is 3.26. The number of aryl methyl sites for hydroxylation is 1. The monoisotopic (exact) mass is 297 g/mol. The molecular formula is C15H20ClNO3. The molecule has 0 spiro atoms. The number of rotatable bonds is 7. The van der Waals surface area contributed by atoms with Crippen LogP contribution in [0.2, 0.25) is 5.02 Å². The summed E-state index contributed by atoms with van der Waals surface area (Å²) in [5.74, 6) is -0.546. The summed E-state index contributed by atoms with van der Waals surface area (Å²) in [6.07, 6.45) is 0.890. The van der Waals surface area contributed by atoms with Gasteiger partial charge in [0.25, 0.3) is 0 Å². The molecular weight excluding hydrogens is 278 g/mol. The number of esters is 1. The van der Waals surface area contributed by atoms with Crippen molar-refractivity contribution in [1.29, 1.82) is 0 Å². The van der Waals surface area contributed by atoms with Gasteiger partial charge < -0.3 is 10.1 Å². The third-order valence-electron chi connectivity index (χ3n) is 3.02. The smallest absolute Gasteiger partial charge is 0.307 e. The third kappa shape index (κ3) is 4.62. The first kappa shape index (κ1) is 16.7. The molecule has 1 aromatic rings. The minimum atomic E-state index is -0.584. The number of carbonyl (C=O) groups is 2. The summed E-state index contributed by atoms with van der Waals surface area (Å²) in [7, 11) is 1.31. The van der Waals surface area contributed by atoms with Crippen LogP contribution in [-0.2, 0) is 9.53 Å². The maximum absolute atomic E-state index is 12.5. The Morgan fingerprint density at radius 3 is 2.70 bits per heavy atom. The van der Waals surface area contributed by atoms with Gasteiger partial charge in [-0.2, -0.15) is 0 Å². The van der Waals surface area contributed by atoms with E-state index in [0.29, 0.717) is 17.1 Å². The van der Waals surface area contributed by atoms with Crippen molar-refractivity contribution in [3.05, 3.63) is 34.3 Å². The molecule has 0 saturated carbocycles. The van der Waals surface area contributed by atoms with Crippen LogP contribution in [0.25, 0.3) is 0 Å². The summed E-state index contributed by atoms with van der Waals surface area (Å²) < 4.78 is 4.64. The van der Waals surface area contributed by atoms with Gasteiger partial charge in [-0.15, -0.1) is 0 Å². The van der Waals surface area contributed by atoms with Crippen molar-refractivity contribution >= 4 is 23.4 Å². The minimum Gasteiger partial charge on any atom is -0.469 e. The molecule has 0 bridgehead atoms. The molecule has 0 aliphatic rings. The van der Waals surface area contributed by atoms with Crippen molar-refractivity contribution in [3.8, 4) is 0 Å². The molecule has 0 saturated heterocycles. The van der Waals surface area contributed by atoms with Gasteiger partial charge in [-0.05, 0) is 37.6 Å². The van der Waals surface area contributed by atoms with Crippen LogP contribution in [0.1, 0.15) is 35.7 Å². The largest absolute Gasteiger partial charge is 0.469 e. The molecule has 1 atom stereocenters. The summed E-state index contributed by atoms with van der Waals surface area (Å²) in [6.45, 7) is 4.50. The Balaban J connectivity index is 2.96. The second-order valence-corrected chi connectivity index (χ2v) is 5.05. The fraction of sp³-hybridized carbons (Fsp3) is 0.467. The zero-order chi connectivity index (χ0) is 15.1. The standard InChI is InChI=1S/C15H20ClNO3/c1-4-7-17-13(9-14(18)20-3)15(19)12-8-11(16)6-5-10(12)2/h5-6,8,13,17H,4,7,9H2,1-3H3. The maximum atomic E-state index is 12.5. The molecule has 1 rings (SSSR count). The van der Waals surface area contributed by atoms with E-state index in [0.717, 1.165) is 12.0 Å². The van der Waals surface area contributed by atoms with Gasteiger partial charge in [0.05, 0.1) is 19.6 Å². The highest BCUT2D eigenvalue weighted by molar-refractivity contribution is 6.31. The Labute approximate surface area is 124 Å². The molecule has 5 heteroatoms. The predicted octanol–water partition coefficient (Wildman–Crippen LogP) is 2.76. The number of ketones is 1. The van der Waals surface area contributed by atoms with Crippen LogP contribution in [0.5, 0.6) is 0 Å². The molecule has 4 nitrogen and oxygen atoms in total. The lowest BCUT2D eigenvalue weighted by molar-refractivity contribution is -0.140. The first-order valence-corrected chi connectivity index (χ1v) is 6.98. The van der Waals surface area contributed by atoms with E-state index in [1.807, 2.05) is 13.8 Å². The lowest BCUT2D eigenvalue weighted by Gasteiger charge is -2.17. The first-order valence-electron chi connectivity index (χ1n) is 6.60. The number of methoxy groups -OCH3 is 1. The highest BCUT2D eigenvalue weighted by atomic mass is 35.5. The van der Waals surface area contributed by atoms with Gasteiger partial charge in [0.15, 0.2) is 5.78 Å².